The number of hydrogen-bond donors (Lipinski definition) is 0. The predicted octanol–water partition coefficient (Wildman–Crippen LogP) is 16.9. The van der Waals surface area contributed by atoms with Crippen LogP contribution in [0.2, 0.25) is 0 Å². The van der Waals surface area contributed by atoms with Gasteiger partial charge in [0.15, 0.2) is 6.10 Å². The zero-order chi connectivity index (χ0) is 43.7. The Morgan fingerprint density at radius 1 is 0.333 bits per heavy atom. The summed E-state index contributed by atoms with van der Waals surface area (Å²) in [5, 5.41) is 0. The third-order valence-electron chi connectivity index (χ3n) is 11.4. The number of rotatable bonds is 47. The molecule has 0 spiro atoms. The lowest BCUT2D eigenvalue weighted by Gasteiger charge is -2.18. The smallest absolute Gasteiger partial charge is 0.306 e. The van der Waals surface area contributed by atoms with E-state index < -0.39 is 6.10 Å². The Hall–Kier alpha value is -2.37. The van der Waals surface area contributed by atoms with Crippen molar-refractivity contribution < 1.29 is 28.6 Å². The third kappa shape index (κ3) is 46.7. The van der Waals surface area contributed by atoms with Gasteiger partial charge in [-0.15, -0.1) is 0 Å². The maximum absolute atomic E-state index is 12.7. The Balaban J connectivity index is 4.24. The first-order valence-electron chi connectivity index (χ1n) is 26.0. The van der Waals surface area contributed by atoms with Gasteiger partial charge >= 0.3 is 17.9 Å². The minimum absolute atomic E-state index is 0.0745. The average molecular weight is 843 g/mol. The van der Waals surface area contributed by atoms with Gasteiger partial charge in [0.25, 0.3) is 0 Å². The van der Waals surface area contributed by atoms with Crippen LogP contribution in [0.15, 0.2) is 36.5 Å². The van der Waals surface area contributed by atoms with E-state index in [9.17, 15) is 14.4 Å². The fourth-order valence-electron chi connectivity index (χ4n) is 7.41. The van der Waals surface area contributed by atoms with Crippen LogP contribution >= 0.6 is 0 Å². The molecule has 0 saturated heterocycles. The SMILES string of the molecule is CCCCC/C=C\CCCCCCCC(=O)OC(COC(=O)CCCCCCCCCCC)COC(=O)CCCCCCCCCCC/C=C\C/C=C\CCCCCCC. The molecule has 0 heterocycles. The number of hydrogen-bond acceptors (Lipinski definition) is 6. The lowest BCUT2D eigenvalue weighted by Crippen LogP contribution is -2.30. The van der Waals surface area contributed by atoms with E-state index in [2.05, 4.69) is 57.2 Å². The molecule has 1 unspecified atom stereocenters. The molecule has 6 heteroatoms. The normalized spacial score (nSPS) is 12.2. The van der Waals surface area contributed by atoms with E-state index in [1.165, 1.54) is 154 Å². The second-order valence-electron chi connectivity index (χ2n) is 17.4. The molecule has 0 rings (SSSR count). The highest BCUT2D eigenvalue weighted by molar-refractivity contribution is 5.71. The molecule has 0 aromatic carbocycles. The van der Waals surface area contributed by atoms with Crippen molar-refractivity contribution in [2.24, 2.45) is 0 Å². The standard InChI is InChI=1S/C54H98O6/c1-4-7-10-13-16-19-21-23-24-25-26-27-28-29-30-31-33-35-38-41-44-47-53(56)59-50-51(49-58-52(55)46-43-40-37-34-18-15-12-9-6-3)60-54(57)48-45-42-39-36-32-22-20-17-14-11-8-5-2/h17,20-21,23,25-26,51H,4-16,18-19,22,24,27-50H2,1-3H3/b20-17-,23-21-,26-25-. The van der Waals surface area contributed by atoms with Crippen LogP contribution in [0, 0.1) is 0 Å². The van der Waals surface area contributed by atoms with Crippen LogP contribution in [-0.4, -0.2) is 37.2 Å². The fourth-order valence-corrected chi connectivity index (χ4v) is 7.41. The van der Waals surface area contributed by atoms with E-state index in [0.29, 0.717) is 19.3 Å². The van der Waals surface area contributed by atoms with Crippen molar-refractivity contribution >= 4 is 17.9 Å². The largest absolute Gasteiger partial charge is 0.462 e. The van der Waals surface area contributed by atoms with Gasteiger partial charge in [-0.05, 0) is 77.0 Å². The lowest BCUT2D eigenvalue weighted by atomic mass is 10.1. The average Bonchev–Trinajstić information content (AvgIpc) is 3.24. The Labute approximate surface area is 372 Å². The lowest BCUT2D eigenvalue weighted by molar-refractivity contribution is -0.167. The molecule has 0 aromatic heterocycles. The first-order chi connectivity index (χ1) is 29.5. The molecule has 0 aromatic rings. The maximum Gasteiger partial charge on any atom is 0.306 e. The summed E-state index contributed by atoms with van der Waals surface area (Å²) < 4.78 is 16.7. The second kappa shape index (κ2) is 49.3. The summed E-state index contributed by atoms with van der Waals surface area (Å²) in [6, 6.07) is 0. The van der Waals surface area contributed by atoms with E-state index in [0.717, 1.165) is 77.0 Å². The van der Waals surface area contributed by atoms with E-state index in [4.69, 9.17) is 14.2 Å². The Morgan fingerprint density at radius 2 is 0.600 bits per heavy atom. The van der Waals surface area contributed by atoms with Crippen molar-refractivity contribution in [1.29, 1.82) is 0 Å². The Bertz CT molecular complexity index is 1020. The van der Waals surface area contributed by atoms with Crippen molar-refractivity contribution in [3.8, 4) is 0 Å². The van der Waals surface area contributed by atoms with Gasteiger partial charge in [-0.2, -0.15) is 0 Å². The predicted molar refractivity (Wildman–Crippen MR) is 256 cm³/mol. The quantitative estimate of drug-likeness (QED) is 0.0263. The van der Waals surface area contributed by atoms with E-state index in [1.54, 1.807) is 0 Å². The summed E-state index contributed by atoms with van der Waals surface area (Å²) in [7, 11) is 0. The molecule has 0 aliphatic rings. The zero-order valence-corrected chi connectivity index (χ0v) is 40.0. The molecular formula is C54H98O6. The van der Waals surface area contributed by atoms with E-state index in [-0.39, 0.29) is 31.1 Å². The van der Waals surface area contributed by atoms with Crippen molar-refractivity contribution in [3.63, 3.8) is 0 Å². The highest BCUT2D eigenvalue weighted by Gasteiger charge is 2.19. The van der Waals surface area contributed by atoms with E-state index in [1.807, 2.05) is 0 Å². The molecule has 1 atom stereocenters. The molecule has 0 bridgehead atoms. The number of carbonyl (C=O) groups excluding carboxylic acids is 3. The molecule has 350 valence electrons. The minimum atomic E-state index is -0.773. The molecule has 60 heavy (non-hydrogen) atoms. The van der Waals surface area contributed by atoms with Gasteiger partial charge in [-0.3, -0.25) is 14.4 Å². The van der Waals surface area contributed by atoms with Gasteiger partial charge < -0.3 is 14.2 Å². The molecule has 0 N–H and O–H groups in total. The maximum atomic E-state index is 12.7. The molecule has 0 fully saturated rings. The summed E-state index contributed by atoms with van der Waals surface area (Å²) in [5.41, 5.74) is 0. The van der Waals surface area contributed by atoms with Gasteiger partial charge in [0.1, 0.15) is 13.2 Å². The van der Waals surface area contributed by atoms with Crippen LogP contribution in [0.4, 0.5) is 0 Å². The molecule has 0 radical (unpaired) electrons. The first-order valence-corrected chi connectivity index (χ1v) is 26.0. The van der Waals surface area contributed by atoms with Crippen LogP contribution in [0.3, 0.4) is 0 Å². The Morgan fingerprint density at radius 3 is 0.967 bits per heavy atom. The molecule has 0 aliphatic heterocycles. The number of ether oxygens (including phenoxy) is 3. The van der Waals surface area contributed by atoms with Crippen molar-refractivity contribution in [3.05, 3.63) is 36.5 Å². The van der Waals surface area contributed by atoms with Crippen molar-refractivity contribution in [2.75, 3.05) is 13.2 Å². The number of esters is 3. The van der Waals surface area contributed by atoms with Crippen LogP contribution in [-0.2, 0) is 28.6 Å². The fraction of sp³-hybridized carbons (Fsp3) is 0.833. The van der Waals surface area contributed by atoms with Gasteiger partial charge in [-0.25, -0.2) is 0 Å². The molecule has 0 saturated carbocycles. The highest BCUT2D eigenvalue weighted by Crippen LogP contribution is 2.15. The Kier molecular flexibility index (Phi) is 47.3. The first kappa shape index (κ1) is 57.6. The summed E-state index contributed by atoms with van der Waals surface area (Å²) in [6.07, 6.45) is 57.1. The summed E-state index contributed by atoms with van der Waals surface area (Å²) in [4.78, 5) is 37.8. The van der Waals surface area contributed by atoms with Gasteiger partial charge in [0.2, 0.25) is 0 Å². The van der Waals surface area contributed by atoms with Crippen LogP contribution in [0.25, 0.3) is 0 Å². The highest BCUT2D eigenvalue weighted by atomic mass is 16.6. The van der Waals surface area contributed by atoms with Crippen molar-refractivity contribution in [2.45, 2.75) is 277 Å². The molecule has 0 aliphatic carbocycles. The van der Waals surface area contributed by atoms with Crippen LogP contribution in [0.5, 0.6) is 0 Å². The summed E-state index contributed by atoms with van der Waals surface area (Å²) >= 11 is 0. The number of carbonyl (C=O) groups is 3. The third-order valence-corrected chi connectivity index (χ3v) is 11.4. The van der Waals surface area contributed by atoms with Crippen LogP contribution < -0.4 is 0 Å². The van der Waals surface area contributed by atoms with Crippen LogP contribution in [0.1, 0.15) is 271 Å². The molecular weight excluding hydrogens is 745 g/mol. The summed E-state index contributed by atoms with van der Waals surface area (Å²) in [6.45, 7) is 6.59. The van der Waals surface area contributed by atoms with E-state index >= 15 is 0 Å². The summed E-state index contributed by atoms with van der Waals surface area (Å²) in [5.74, 6) is -0.883. The van der Waals surface area contributed by atoms with Gasteiger partial charge in [-0.1, -0.05) is 211 Å². The topological polar surface area (TPSA) is 78.9 Å². The van der Waals surface area contributed by atoms with Gasteiger partial charge in [0, 0.05) is 19.3 Å². The number of unbranched alkanes of at least 4 members (excludes halogenated alkanes) is 30. The second-order valence-corrected chi connectivity index (χ2v) is 17.4. The monoisotopic (exact) mass is 843 g/mol. The zero-order valence-electron chi connectivity index (χ0n) is 40.0. The van der Waals surface area contributed by atoms with Crippen molar-refractivity contribution in [1.82, 2.24) is 0 Å². The minimum Gasteiger partial charge on any atom is -0.462 e. The van der Waals surface area contributed by atoms with Gasteiger partial charge in [0.05, 0.1) is 0 Å². The molecule has 0 amide bonds. The molecule has 6 nitrogen and oxygen atoms in total. The number of allylic oxidation sites excluding steroid dienone is 6.